The number of benzene rings is 6. The van der Waals surface area contributed by atoms with Crippen molar-refractivity contribution >= 4 is 63.6 Å². The van der Waals surface area contributed by atoms with Gasteiger partial charge in [-0.1, -0.05) is 127 Å². The monoisotopic (exact) mass is 626 g/mol. The quantitative estimate of drug-likeness (QED) is 0.222. The van der Waals surface area contributed by atoms with Crippen molar-refractivity contribution in [3.63, 3.8) is 0 Å². The number of nitrogens with zero attached hydrogens (tertiary/aromatic N) is 1. The maximum Gasteiger partial charge on any atom is 0.330 e. The molecular formula is C42H37BNO2Si. The fourth-order valence-corrected chi connectivity index (χ4v) is 12.4. The first-order valence-electron chi connectivity index (χ1n) is 16.3. The maximum absolute atomic E-state index is 10.6. The second kappa shape index (κ2) is 11.0. The Balaban J connectivity index is 1.35. The molecule has 6 aromatic carbocycles. The lowest BCUT2D eigenvalue weighted by Crippen LogP contribution is -2.72. The smallest absolute Gasteiger partial charge is 0.330 e. The largest absolute Gasteiger partial charge is 0.427 e. The minimum atomic E-state index is -2.72. The Bertz CT molecular complexity index is 2220. The van der Waals surface area contributed by atoms with Gasteiger partial charge in [0.2, 0.25) is 0 Å². The molecule has 1 radical (unpaired) electrons. The van der Waals surface area contributed by atoms with Gasteiger partial charge in [0.1, 0.15) is 0 Å². The Morgan fingerprint density at radius 3 is 1.79 bits per heavy atom. The number of para-hydroxylation sites is 2. The van der Waals surface area contributed by atoms with Crippen LogP contribution in [0.3, 0.4) is 0 Å². The molecule has 5 heteroatoms. The lowest BCUT2D eigenvalue weighted by molar-refractivity contribution is -0.0893. The van der Waals surface area contributed by atoms with Gasteiger partial charge in [0, 0.05) is 16.5 Å². The highest BCUT2D eigenvalue weighted by Gasteiger charge is 2.48. The van der Waals surface area contributed by atoms with Gasteiger partial charge in [-0.15, -0.1) is 0 Å². The summed E-state index contributed by atoms with van der Waals surface area (Å²) < 4.78 is 8.52. The predicted octanol–water partition coefficient (Wildman–Crippen LogP) is 5.95. The molecule has 0 fully saturated rings. The number of aliphatic hydroxyl groups is 1. The van der Waals surface area contributed by atoms with Crippen LogP contribution in [0, 0.1) is 0 Å². The fourth-order valence-electron chi connectivity index (χ4n) is 7.26. The third-order valence-corrected chi connectivity index (χ3v) is 15.2. The average molecular weight is 627 g/mol. The van der Waals surface area contributed by atoms with Crippen molar-refractivity contribution in [1.82, 2.24) is 4.57 Å². The Kier molecular flexibility index (Phi) is 6.92. The van der Waals surface area contributed by atoms with Gasteiger partial charge in [-0.05, 0) is 83.8 Å². The Morgan fingerprint density at radius 1 is 0.574 bits per heavy atom. The summed E-state index contributed by atoms with van der Waals surface area (Å²) >= 11 is 0. The van der Waals surface area contributed by atoms with E-state index in [0.717, 1.165) is 11.2 Å². The zero-order valence-electron chi connectivity index (χ0n) is 27.2. The van der Waals surface area contributed by atoms with Gasteiger partial charge < -0.3 is 14.3 Å². The normalized spacial score (nSPS) is 13.9. The molecule has 0 amide bonds. The molecule has 8 rings (SSSR count). The van der Waals surface area contributed by atoms with Gasteiger partial charge in [0.15, 0.2) is 8.07 Å². The first-order valence-corrected chi connectivity index (χ1v) is 18.3. The molecule has 0 spiro atoms. The van der Waals surface area contributed by atoms with E-state index >= 15 is 0 Å². The SMILES string of the molecule is CC(C)(O)C(C)(C)O[B]c1ccc([Si]2(c3ccc4c(c3)c3ccccc3n4-c3ccccc3)c3ccccc3-c3ccccc32)cc1. The average Bonchev–Trinajstić information content (AvgIpc) is 3.58. The van der Waals surface area contributed by atoms with Crippen molar-refractivity contribution in [3.8, 4) is 16.8 Å². The molecule has 47 heavy (non-hydrogen) atoms. The van der Waals surface area contributed by atoms with Crippen molar-refractivity contribution in [1.29, 1.82) is 0 Å². The van der Waals surface area contributed by atoms with E-state index in [1.807, 2.05) is 13.8 Å². The van der Waals surface area contributed by atoms with E-state index in [1.54, 1.807) is 21.3 Å². The molecule has 0 aliphatic carbocycles. The Morgan fingerprint density at radius 2 is 1.13 bits per heavy atom. The van der Waals surface area contributed by atoms with Crippen molar-refractivity contribution < 1.29 is 9.76 Å². The van der Waals surface area contributed by atoms with E-state index in [9.17, 15) is 5.11 Å². The number of rotatable bonds is 7. The highest BCUT2D eigenvalue weighted by molar-refractivity contribution is 7.22. The summed E-state index contributed by atoms with van der Waals surface area (Å²) in [4.78, 5) is 0. The highest BCUT2D eigenvalue weighted by atomic mass is 28.3. The summed E-state index contributed by atoms with van der Waals surface area (Å²) in [5, 5.41) is 18.7. The van der Waals surface area contributed by atoms with Crippen LogP contribution in [0.1, 0.15) is 27.7 Å². The molecule has 1 N–H and O–H groups in total. The molecule has 0 saturated heterocycles. The first kappa shape index (κ1) is 29.7. The second-order valence-corrected chi connectivity index (χ2v) is 17.4. The molecule has 2 heterocycles. The zero-order valence-corrected chi connectivity index (χ0v) is 28.2. The third kappa shape index (κ3) is 4.56. The minimum Gasteiger partial charge on any atom is -0.427 e. The third-order valence-electron chi connectivity index (χ3n) is 10.4. The highest BCUT2D eigenvalue weighted by Crippen LogP contribution is 2.34. The second-order valence-electron chi connectivity index (χ2n) is 13.7. The molecule has 7 aromatic rings. The standard InChI is InChI=1S/C42H37BNO2Si/c1-41(2,45)42(3,4)46-43-29-22-24-31(25-23-29)47(39-20-12-9-17-34(39)35-18-10-13-21-40(35)47)32-26-27-38-36(28-32)33-16-8-11-19-37(33)44(38)30-14-6-5-7-15-30/h5-28,45H,1-4H3. The van der Waals surface area contributed by atoms with Crippen molar-refractivity contribution in [2.75, 3.05) is 0 Å². The van der Waals surface area contributed by atoms with Crippen LogP contribution in [-0.2, 0) is 4.65 Å². The Hall–Kier alpha value is -4.68. The first-order chi connectivity index (χ1) is 22.7. The van der Waals surface area contributed by atoms with Crippen LogP contribution in [0.5, 0.6) is 0 Å². The number of aromatic nitrogens is 1. The van der Waals surface area contributed by atoms with Gasteiger partial charge in [-0.25, -0.2) is 0 Å². The lowest BCUT2D eigenvalue weighted by atomic mass is 9.83. The maximum atomic E-state index is 10.6. The number of fused-ring (bicyclic) bond motifs is 6. The molecule has 0 atom stereocenters. The lowest BCUT2D eigenvalue weighted by Gasteiger charge is -2.37. The topological polar surface area (TPSA) is 34.4 Å². The van der Waals surface area contributed by atoms with Gasteiger partial charge in [0.05, 0.1) is 22.2 Å². The van der Waals surface area contributed by atoms with Crippen LogP contribution < -0.4 is 26.2 Å². The van der Waals surface area contributed by atoms with E-state index < -0.39 is 19.3 Å². The van der Waals surface area contributed by atoms with E-state index in [-0.39, 0.29) is 0 Å². The van der Waals surface area contributed by atoms with E-state index in [2.05, 4.69) is 150 Å². The summed E-state index contributed by atoms with van der Waals surface area (Å²) in [5.41, 5.74) is 5.48. The summed E-state index contributed by atoms with van der Waals surface area (Å²) in [5.74, 6) is 0. The summed E-state index contributed by atoms with van der Waals surface area (Å²) in [6.07, 6.45) is 0. The van der Waals surface area contributed by atoms with Crippen LogP contribution in [0.4, 0.5) is 0 Å². The van der Waals surface area contributed by atoms with Crippen molar-refractivity contribution in [2.24, 2.45) is 0 Å². The zero-order chi connectivity index (χ0) is 32.4. The molecule has 1 aromatic heterocycles. The van der Waals surface area contributed by atoms with Gasteiger partial charge in [-0.2, -0.15) is 0 Å². The minimum absolute atomic E-state index is 0.737. The van der Waals surface area contributed by atoms with Gasteiger partial charge in [0.25, 0.3) is 0 Å². The van der Waals surface area contributed by atoms with E-state index in [1.165, 1.54) is 53.7 Å². The van der Waals surface area contributed by atoms with E-state index in [0.29, 0.717) is 0 Å². The van der Waals surface area contributed by atoms with Crippen molar-refractivity contribution in [3.05, 3.63) is 146 Å². The number of hydrogen-bond acceptors (Lipinski definition) is 2. The van der Waals surface area contributed by atoms with Crippen LogP contribution in [-0.4, -0.2) is 36.4 Å². The van der Waals surface area contributed by atoms with E-state index in [4.69, 9.17) is 4.65 Å². The molecule has 229 valence electrons. The van der Waals surface area contributed by atoms with Crippen LogP contribution >= 0.6 is 0 Å². The van der Waals surface area contributed by atoms with Gasteiger partial charge in [-0.3, -0.25) is 0 Å². The molecular weight excluding hydrogens is 589 g/mol. The van der Waals surface area contributed by atoms with Crippen molar-refractivity contribution in [2.45, 2.75) is 38.9 Å². The summed E-state index contributed by atoms with van der Waals surface area (Å²) in [7, 11) is -0.942. The molecule has 1 aliphatic heterocycles. The van der Waals surface area contributed by atoms with Gasteiger partial charge >= 0.3 is 7.48 Å². The summed E-state index contributed by atoms with van der Waals surface area (Å²) in [6.45, 7) is 7.39. The molecule has 0 unspecified atom stereocenters. The predicted molar refractivity (Wildman–Crippen MR) is 200 cm³/mol. The summed E-state index contributed by atoms with van der Waals surface area (Å²) in [6, 6.07) is 53.6. The molecule has 1 aliphatic rings. The Labute approximate surface area is 278 Å². The van der Waals surface area contributed by atoms with Crippen LogP contribution in [0.15, 0.2) is 146 Å². The number of hydrogen-bond donors (Lipinski definition) is 1. The molecule has 0 saturated carbocycles. The molecule has 0 bridgehead atoms. The van der Waals surface area contributed by atoms with Crippen LogP contribution in [0.25, 0.3) is 38.6 Å². The van der Waals surface area contributed by atoms with Crippen LogP contribution in [0.2, 0.25) is 0 Å². The molecule has 3 nitrogen and oxygen atoms in total. The fraction of sp³-hybridized carbons (Fsp3) is 0.143.